The maximum absolute atomic E-state index is 11.3. The second-order valence-corrected chi connectivity index (χ2v) is 5.28. The van der Waals surface area contributed by atoms with Crippen LogP contribution in [0.1, 0.15) is 0 Å². The first-order valence-electron chi connectivity index (χ1n) is 7.68. The standard InChI is InChI=1S/C19H17N5O/c1-3-18(25)22-15-6-8-16(9-7-15)24(2)19-21-12-10-17(23-19)14-5-4-11-20-13-14/h3-13H,1H2,2H3,(H,22,25). The molecule has 0 bridgehead atoms. The molecule has 2 heterocycles. The highest BCUT2D eigenvalue weighted by Crippen LogP contribution is 2.24. The van der Waals surface area contributed by atoms with E-state index in [1.165, 1.54) is 6.08 Å². The third-order valence-electron chi connectivity index (χ3n) is 3.61. The molecule has 1 N–H and O–H groups in total. The average molecular weight is 331 g/mol. The molecule has 25 heavy (non-hydrogen) atoms. The molecule has 0 aliphatic rings. The first kappa shape index (κ1) is 16.3. The Balaban J connectivity index is 1.82. The molecule has 0 saturated carbocycles. The number of benzene rings is 1. The lowest BCUT2D eigenvalue weighted by Gasteiger charge is -2.18. The Kier molecular flexibility index (Phi) is 4.80. The van der Waals surface area contributed by atoms with E-state index in [9.17, 15) is 4.79 Å². The lowest BCUT2D eigenvalue weighted by Crippen LogP contribution is -2.13. The molecule has 1 aromatic carbocycles. The van der Waals surface area contributed by atoms with E-state index in [4.69, 9.17) is 0 Å². The van der Waals surface area contributed by atoms with Gasteiger partial charge in [-0.1, -0.05) is 6.58 Å². The number of hydrogen-bond acceptors (Lipinski definition) is 5. The Labute approximate surface area is 145 Å². The summed E-state index contributed by atoms with van der Waals surface area (Å²) < 4.78 is 0. The Morgan fingerprint density at radius 2 is 1.96 bits per heavy atom. The lowest BCUT2D eigenvalue weighted by molar-refractivity contribution is -0.111. The fourth-order valence-electron chi connectivity index (χ4n) is 2.26. The van der Waals surface area contributed by atoms with Gasteiger partial charge in [-0.05, 0) is 48.5 Å². The number of aromatic nitrogens is 3. The lowest BCUT2D eigenvalue weighted by atomic mass is 10.2. The van der Waals surface area contributed by atoms with Crippen LogP contribution in [0.4, 0.5) is 17.3 Å². The minimum atomic E-state index is -0.242. The Morgan fingerprint density at radius 3 is 2.64 bits per heavy atom. The molecule has 0 saturated heterocycles. The molecular formula is C19H17N5O. The fourth-order valence-corrected chi connectivity index (χ4v) is 2.26. The van der Waals surface area contributed by atoms with E-state index in [0.29, 0.717) is 11.6 Å². The molecule has 0 aliphatic heterocycles. The van der Waals surface area contributed by atoms with Crippen molar-refractivity contribution in [1.29, 1.82) is 0 Å². The number of pyridine rings is 1. The van der Waals surface area contributed by atoms with Gasteiger partial charge in [-0.2, -0.15) is 0 Å². The predicted molar refractivity (Wildman–Crippen MR) is 98.6 cm³/mol. The van der Waals surface area contributed by atoms with E-state index in [1.54, 1.807) is 18.6 Å². The molecule has 6 nitrogen and oxygen atoms in total. The molecular weight excluding hydrogens is 314 g/mol. The molecule has 0 aliphatic carbocycles. The summed E-state index contributed by atoms with van der Waals surface area (Å²) >= 11 is 0. The fraction of sp³-hybridized carbons (Fsp3) is 0.0526. The number of carbonyl (C=O) groups is 1. The maximum atomic E-state index is 11.3. The Bertz CT molecular complexity index is 878. The molecule has 1 amide bonds. The van der Waals surface area contributed by atoms with Gasteiger partial charge in [0.25, 0.3) is 0 Å². The maximum Gasteiger partial charge on any atom is 0.247 e. The van der Waals surface area contributed by atoms with Crippen molar-refractivity contribution >= 4 is 23.2 Å². The van der Waals surface area contributed by atoms with Gasteiger partial charge in [0.15, 0.2) is 0 Å². The minimum Gasteiger partial charge on any atom is -0.323 e. The first-order chi connectivity index (χ1) is 12.2. The zero-order valence-corrected chi connectivity index (χ0v) is 13.8. The molecule has 0 spiro atoms. The third-order valence-corrected chi connectivity index (χ3v) is 3.61. The van der Waals surface area contributed by atoms with Crippen LogP contribution in [0, 0.1) is 0 Å². The second-order valence-electron chi connectivity index (χ2n) is 5.28. The second kappa shape index (κ2) is 7.35. The van der Waals surface area contributed by atoms with Gasteiger partial charge in [0, 0.05) is 42.6 Å². The van der Waals surface area contributed by atoms with Gasteiger partial charge >= 0.3 is 0 Å². The van der Waals surface area contributed by atoms with Crippen LogP contribution in [0.25, 0.3) is 11.3 Å². The molecule has 0 radical (unpaired) electrons. The average Bonchev–Trinajstić information content (AvgIpc) is 2.68. The van der Waals surface area contributed by atoms with E-state index in [1.807, 2.05) is 54.4 Å². The molecule has 0 unspecified atom stereocenters. The quantitative estimate of drug-likeness (QED) is 0.725. The Morgan fingerprint density at radius 1 is 1.16 bits per heavy atom. The van der Waals surface area contributed by atoms with Gasteiger partial charge < -0.3 is 10.2 Å². The van der Waals surface area contributed by atoms with Crippen molar-refractivity contribution in [2.45, 2.75) is 0 Å². The first-order valence-corrected chi connectivity index (χ1v) is 7.68. The smallest absolute Gasteiger partial charge is 0.247 e. The van der Waals surface area contributed by atoms with Gasteiger partial charge in [0.05, 0.1) is 5.69 Å². The number of nitrogens with one attached hydrogen (secondary N) is 1. The van der Waals surface area contributed by atoms with Crippen LogP contribution in [-0.2, 0) is 4.79 Å². The van der Waals surface area contributed by atoms with Gasteiger partial charge in [-0.15, -0.1) is 0 Å². The summed E-state index contributed by atoms with van der Waals surface area (Å²) in [5.41, 5.74) is 3.34. The van der Waals surface area contributed by atoms with Crippen molar-refractivity contribution in [3.8, 4) is 11.3 Å². The van der Waals surface area contributed by atoms with E-state index >= 15 is 0 Å². The Hall–Kier alpha value is -3.54. The van der Waals surface area contributed by atoms with Crippen molar-refractivity contribution in [2.75, 3.05) is 17.3 Å². The summed E-state index contributed by atoms with van der Waals surface area (Å²) in [7, 11) is 1.89. The number of carbonyl (C=O) groups excluding carboxylic acids is 1. The van der Waals surface area contributed by atoms with E-state index in [2.05, 4.69) is 26.8 Å². The molecule has 3 rings (SSSR count). The largest absolute Gasteiger partial charge is 0.323 e. The molecule has 0 atom stereocenters. The third kappa shape index (κ3) is 3.87. The van der Waals surface area contributed by atoms with Gasteiger partial charge in [-0.25, -0.2) is 9.97 Å². The van der Waals surface area contributed by atoms with E-state index < -0.39 is 0 Å². The van der Waals surface area contributed by atoms with Crippen LogP contribution in [0.3, 0.4) is 0 Å². The highest BCUT2D eigenvalue weighted by atomic mass is 16.1. The van der Waals surface area contributed by atoms with Gasteiger partial charge in [0.2, 0.25) is 11.9 Å². The van der Waals surface area contributed by atoms with Gasteiger partial charge in [-0.3, -0.25) is 9.78 Å². The van der Waals surface area contributed by atoms with Gasteiger partial charge in [0.1, 0.15) is 0 Å². The van der Waals surface area contributed by atoms with Crippen molar-refractivity contribution in [2.24, 2.45) is 0 Å². The molecule has 2 aromatic heterocycles. The van der Waals surface area contributed by atoms with Crippen LogP contribution >= 0.6 is 0 Å². The normalized spacial score (nSPS) is 10.1. The monoisotopic (exact) mass is 331 g/mol. The number of hydrogen-bond donors (Lipinski definition) is 1. The number of nitrogens with zero attached hydrogens (tertiary/aromatic N) is 4. The number of rotatable bonds is 5. The van der Waals surface area contributed by atoms with E-state index in [-0.39, 0.29) is 5.91 Å². The van der Waals surface area contributed by atoms with Crippen LogP contribution in [0.2, 0.25) is 0 Å². The zero-order chi connectivity index (χ0) is 17.6. The number of amides is 1. The van der Waals surface area contributed by atoms with Crippen LogP contribution in [-0.4, -0.2) is 27.9 Å². The minimum absolute atomic E-state index is 0.242. The zero-order valence-electron chi connectivity index (χ0n) is 13.8. The summed E-state index contributed by atoms with van der Waals surface area (Å²) in [6.45, 7) is 3.43. The molecule has 0 fully saturated rings. The van der Waals surface area contributed by atoms with Crippen LogP contribution in [0.15, 0.2) is 73.7 Å². The van der Waals surface area contributed by atoms with Crippen molar-refractivity contribution in [3.05, 3.63) is 73.7 Å². The number of anilines is 3. The van der Waals surface area contributed by atoms with Crippen molar-refractivity contribution in [3.63, 3.8) is 0 Å². The highest BCUT2D eigenvalue weighted by molar-refractivity contribution is 5.98. The summed E-state index contributed by atoms with van der Waals surface area (Å²) in [5, 5.41) is 2.71. The van der Waals surface area contributed by atoms with Crippen LogP contribution < -0.4 is 10.2 Å². The van der Waals surface area contributed by atoms with E-state index in [0.717, 1.165) is 16.9 Å². The van der Waals surface area contributed by atoms with Crippen LogP contribution in [0.5, 0.6) is 0 Å². The SMILES string of the molecule is C=CC(=O)Nc1ccc(N(C)c2nccc(-c3cccnc3)n2)cc1. The summed E-state index contributed by atoms with van der Waals surface area (Å²) in [6.07, 6.45) is 6.45. The van der Waals surface area contributed by atoms with Crippen molar-refractivity contribution < 1.29 is 4.79 Å². The summed E-state index contributed by atoms with van der Waals surface area (Å²) in [6, 6.07) is 13.1. The summed E-state index contributed by atoms with van der Waals surface area (Å²) in [4.78, 5) is 26.3. The predicted octanol–water partition coefficient (Wildman–Crippen LogP) is 3.43. The summed E-state index contributed by atoms with van der Waals surface area (Å²) in [5.74, 6) is 0.331. The molecule has 6 heteroatoms. The molecule has 3 aromatic rings. The highest BCUT2D eigenvalue weighted by Gasteiger charge is 2.09. The topological polar surface area (TPSA) is 71.0 Å². The molecule has 124 valence electrons. The van der Waals surface area contributed by atoms with Crippen molar-refractivity contribution in [1.82, 2.24) is 15.0 Å².